The van der Waals surface area contributed by atoms with Gasteiger partial charge in [-0.15, -0.1) is 0 Å². The second-order valence-corrected chi connectivity index (χ2v) is 6.89. The van der Waals surface area contributed by atoms with E-state index in [4.69, 9.17) is 4.74 Å². The first-order valence-electron chi connectivity index (χ1n) is 5.99. The van der Waals surface area contributed by atoms with Crippen LogP contribution in [0, 0.1) is 6.92 Å². The summed E-state index contributed by atoms with van der Waals surface area (Å²) in [6, 6.07) is 5.77. The lowest BCUT2D eigenvalue weighted by Crippen LogP contribution is -2.48. The monoisotopic (exact) mass is 283 g/mol. The molecule has 0 aliphatic carbocycles. The molecular formula is C13H17NO4S. The number of rotatable bonds is 3. The third-order valence-corrected chi connectivity index (χ3v) is 5.27. The van der Waals surface area contributed by atoms with Gasteiger partial charge in [0.15, 0.2) is 0 Å². The SMILES string of the molecule is Cc1ccc(S(=O)(=O)N2[C@@H](C=O)COC2(C)C)cc1. The zero-order chi connectivity index (χ0) is 14.3. The minimum absolute atomic E-state index is 0.0849. The third kappa shape index (κ3) is 2.43. The van der Waals surface area contributed by atoms with Gasteiger partial charge in [-0.2, -0.15) is 4.31 Å². The van der Waals surface area contributed by atoms with Gasteiger partial charge in [0.25, 0.3) is 0 Å². The zero-order valence-electron chi connectivity index (χ0n) is 11.2. The Morgan fingerprint density at radius 2 is 1.89 bits per heavy atom. The molecule has 1 fully saturated rings. The summed E-state index contributed by atoms with van der Waals surface area (Å²) in [5.41, 5.74) is -0.0437. The largest absolute Gasteiger partial charge is 0.358 e. The van der Waals surface area contributed by atoms with Gasteiger partial charge in [0.2, 0.25) is 10.0 Å². The minimum atomic E-state index is -3.75. The Balaban J connectivity index is 2.48. The molecule has 0 N–H and O–H groups in total. The van der Waals surface area contributed by atoms with Crippen molar-refractivity contribution in [2.75, 3.05) is 6.61 Å². The number of carbonyl (C=O) groups is 1. The van der Waals surface area contributed by atoms with Gasteiger partial charge >= 0.3 is 0 Å². The van der Waals surface area contributed by atoms with Crippen LogP contribution < -0.4 is 0 Å². The van der Waals surface area contributed by atoms with Crippen LogP contribution in [0.5, 0.6) is 0 Å². The Bertz CT molecular complexity index is 577. The van der Waals surface area contributed by atoms with Crippen LogP contribution in [0.15, 0.2) is 29.2 Å². The van der Waals surface area contributed by atoms with Gasteiger partial charge in [-0.25, -0.2) is 8.42 Å². The predicted octanol–water partition coefficient (Wildman–Crippen LogP) is 1.32. The van der Waals surface area contributed by atoms with Crippen molar-refractivity contribution in [2.24, 2.45) is 0 Å². The Morgan fingerprint density at radius 1 is 1.32 bits per heavy atom. The van der Waals surface area contributed by atoms with Gasteiger partial charge in [-0.1, -0.05) is 17.7 Å². The molecule has 2 rings (SSSR count). The van der Waals surface area contributed by atoms with E-state index in [0.717, 1.165) is 9.87 Å². The maximum Gasteiger partial charge on any atom is 0.246 e. The van der Waals surface area contributed by atoms with Gasteiger partial charge in [-0.3, -0.25) is 0 Å². The van der Waals surface area contributed by atoms with Gasteiger partial charge < -0.3 is 9.53 Å². The second-order valence-electron chi connectivity index (χ2n) is 5.08. The van der Waals surface area contributed by atoms with E-state index in [1.54, 1.807) is 38.1 Å². The molecule has 5 nitrogen and oxygen atoms in total. The van der Waals surface area contributed by atoms with E-state index >= 15 is 0 Å². The van der Waals surface area contributed by atoms with Crippen LogP contribution in [-0.4, -0.2) is 37.4 Å². The summed E-state index contributed by atoms with van der Waals surface area (Å²) in [6.07, 6.45) is 0.612. The van der Waals surface area contributed by atoms with Crippen molar-refractivity contribution in [3.63, 3.8) is 0 Å². The number of ether oxygens (including phenoxy) is 1. The molecule has 1 aliphatic heterocycles. The first-order chi connectivity index (χ1) is 8.79. The van der Waals surface area contributed by atoms with E-state index in [1.165, 1.54) is 0 Å². The summed E-state index contributed by atoms with van der Waals surface area (Å²) in [7, 11) is -3.75. The lowest BCUT2D eigenvalue weighted by Gasteiger charge is -2.30. The summed E-state index contributed by atoms with van der Waals surface area (Å²) < 4.78 is 31.8. The van der Waals surface area contributed by atoms with E-state index in [1.807, 2.05) is 6.92 Å². The predicted molar refractivity (Wildman–Crippen MR) is 70.1 cm³/mol. The van der Waals surface area contributed by atoms with E-state index in [0.29, 0.717) is 6.29 Å². The number of hydrogen-bond acceptors (Lipinski definition) is 4. The summed E-state index contributed by atoms with van der Waals surface area (Å²) in [5, 5.41) is 0. The van der Waals surface area contributed by atoms with Gasteiger partial charge in [0, 0.05) is 0 Å². The normalized spacial score (nSPS) is 23.4. The second kappa shape index (κ2) is 4.70. The van der Waals surface area contributed by atoms with E-state index < -0.39 is 21.8 Å². The average molecular weight is 283 g/mol. The highest BCUT2D eigenvalue weighted by Crippen LogP contribution is 2.33. The maximum absolute atomic E-state index is 12.6. The molecule has 0 saturated carbocycles. The lowest BCUT2D eigenvalue weighted by molar-refractivity contribution is -0.110. The topological polar surface area (TPSA) is 63.7 Å². The lowest BCUT2D eigenvalue weighted by atomic mass is 10.2. The van der Waals surface area contributed by atoms with Crippen molar-refractivity contribution in [1.29, 1.82) is 0 Å². The number of carbonyl (C=O) groups excluding carboxylic acids is 1. The van der Waals surface area contributed by atoms with Crippen molar-refractivity contribution in [1.82, 2.24) is 4.31 Å². The number of hydrogen-bond donors (Lipinski definition) is 0. The van der Waals surface area contributed by atoms with Crippen molar-refractivity contribution in [3.05, 3.63) is 29.8 Å². The molecule has 0 unspecified atom stereocenters. The van der Waals surface area contributed by atoms with E-state index in [2.05, 4.69) is 0 Å². The third-order valence-electron chi connectivity index (χ3n) is 3.17. The molecule has 1 heterocycles. The minimum Gasteiger partial charge on any atom is -0.358 e. The smallest absolute Gasteiger partial charge is 0.246 e. The molecule has 0 spiro atoms. The molecule has 0 radical (unpaired) electrons. The van der Waals surface area contributed by atoms with Crippen molar-refractivity contribution < 1.29 is 17.9 Å². The molecule has 104 valence electrons. The Hall–Kier alpha value is -1.24. The van der Waals surface area contributed by atoms with Crippen molar-refractivity contribution in [3.8, 4) is 0 Å². The highest BCUT2D eigenvalue weighted by molar-refractivity contribution is 7.89. The molecular weight excluding hydrogens is 266 g/mol. The van der Waals surface area contributed by atoms with Gasteiger partial charge in [0.05, 0.1) is 11.5 Å². The molecule has 1 aromatic carbocycles. The molecule has 19 heavy (non-hydrogen) atoms. The molecule has 0 bridgehead atoms. The fourth-order valence-electron chi connectivity index (χ4n) is 2.21. The Labute approximate surface area is 113 Å². The number of aryl methyl sites for hydroxylation is 1. The van der Waals surface area contributed by atoms with Gasteiger partial charge in [0.1, 0.15) is 18.1 Å². The quantitative estimate of drug-likeness (QED) is 0.785. The fraction of sp³-hybridized carbons (Fsp3) is 0.462. The number of aldehydes is 1. The van der Waals surface area contributed by atoms with Crippen LogP contribution in [0.2, 0.25) is 0 Å². The average Bonchev–Trinajstić information content (AvgIpc) is 2.65. The van der Waals surface area contributed by atoms with E-state index in [-0.39, 0.29) is 11.5 Å². The van der Waals surface area contributed by atoms with Gasteiger partial charge in [-0.05, 0) is 32.9 Å². The molecule has 1 aromatic rings. The molecule has 1 atom stereocenters. The van der Waals surface area contributed by atoms with Crippen molar-refractivity contribution in [2.45, 2.75) is 37.4 Å². The first-order valence-corrected chi connectivity index (χ1v) is 7.43. The number of benzene rings is 1. The number of sulfonamides is 1. The molecule has 0 aromatic heterocycles. The summed E-state index contributed by atoms with van der Waals surface area (Å²) in [4.78, 5) is 11.2. The summed E-state index contributed by atoms with van der Waals surface area (Å²) >= 11 is 0. The molecule has 0 amide bonds. The molecule has 6 heteroatoms. The van der Waals surface area contributed by atoms with Crippen LogP contribution in [0.4, 0.5) is 0 Å². The van der Waals surface area contributed by atoms with Crippen LogP contribution >= 0.6 is 0 Å². The summed E-state index contributed by atoms with van der Waals surface area (Å²) in [5.74, 6) is 0. The molecule has 1 aliphatic rings. The van der Waals surface area contributed by atoms with Crippen molar-refractivity contribution >= 4 is 16.3 Å². The highest BCUT2D eigenvalue weighted by Gasteiger charge is 2.48. The van der Waals surface area contributed by atoms with Crippen LogP contribution in [0.3, 0.4) is 0 Å². The maximum atomic E-state index is 12.6. The summed E-state index contributed by atoms with van der Waals surface area (Å²) in [6.45, 7) is 5.25. The zero-order valence-corrected chi connectivity index (χ0v) is 12.0. The van der Waals surface area contributed by atoms with Crippen LogP contribution in [0.25, 0.3) is 0 Å². The Kier molecular flexibility index (Phi) is 3.51. The fourth-order valence-corrected chi connectivity index (χ4v) is 4.01. The van der Waals surface area contributed by atoms with Crippen LogP contribution in [-0.2, 0) is 19.6 Å². The number of nitrogens with zero attached hydrogens (tertiary/aromatic N) is 1. The highest BCUT2D eigenvalue weighted by atomic mass is 32.2. The first kappa shape index (κ1) is 14.2. The molecule has 1 saturated heterocycles. The standard InChI is InChI=1S/C13H17NO4S/c1-10-4-6-12(7-5-10)19(16,17)14-11(8-15)9-18-13(14,2)3/h4-8,11H,9H2,1-3H3/t11-/m0/s1. The Morgan fingerprint density at radius 3 is 2.42 bits per heavy atom. The van der Waals surface area contributed by atoms with E-state index in [9.17, 15) is 13.2 Å². The van der Waals surface area contributed by atoms with Crippen LogP contribution in [0.1, 0.15) is 19.4 Å².